The number of anilines is 1. The predicted molar refractivity (Wildman–Crippen MR) is 86.6 cm³/mol. The summed E-state index contributed by atoms with van der Waals surface area (Å²) in [5, 5.41) is 3.27. The zero-order valence-electron chi connectivity index (χ0n) is 12.8. The number of imidazole rings is 1. The molecule has 0 saturated carbocycles. The highest BCUT2D eigenvalue weighted by Crippen LogP contribution is 2.10. The first-order valence-electron chi connectivity index (χ1n) is 7.28. The Balaban J connectivity index is 1.66. The highest BCUT2D eigenvalue weighted by Gasteiger charge is 2.01. The van der Waals surface area contributed by atoms with Gasteiger partial charge >= 0.3 is 0 Å². The van der Waals surface area contributed by atoms with Crippen molar-refractivity contribution in [2.75, 3.05) is 5.32 Å². The highest BCUT2D eigenvalue weighted by atomic mass is 15.1. The van der Waals surface area contributed by atoms with Gasteiger partial charge in [-0.25, -0.2) is 15.0 Å². The van der Waals surface area contributed by atoms with Gasteiger partial charge in [0.25, 0.3) is 0 Å². The molecule has 2 heterocycles. The van der Waals surface area contributed by atoms with E-state index in [1.165, 1.54) is 11.1 Å². The van der Waals surface area contributed by atoms with Crippen LogP contribution in [0.1, 0.15) is 22.4 Å². The lowest BCUT2D eigenvalue weighted by Crippen LogP contribution is -2.05. The number of rotatable bonds is 5. The molecular weight excluding hydrogens is 274 g/mol. The summed E-state index contributed by atoms with van der Waals surface area (Å²) >= 11 is 0. The van der Waals surface area contributed by atoms with Gasteiger partial charge in [-0.3, -0.25) is 0 Å². The first-order chi connectivity index (χ1) is 10.7. The van der Waals surface area contributed by atoms with Crippen LogP contribution in [0.5, 0.6) is 0 Å². The second kappa shape index (κ2) is 6.39. The van der Waals surface area contributed by atoms with Crippen LogP contribution in [0.4, 0.5) is 5.95 Å². The van der Waals surface area contributed by atoms with Crippen LogP contribution in [0.2, 0.25) is 0 Å². The Labute approximate surface area is 130 Å². The summed E-state index contributed by atoms with van der Waals surface area (Å²) in [4.78, 5) is 12.8. The SMILES string of the molecule is Cc1cnc(NCc2cccc(Cn3ccnc3)c2)nc1C. The summed E-state index contributed by atoms with van der Waals surface area (Å²) in [6.07, 6.45) is 7.43. The molecule has 5 heteroatoms. The third-order valence-electron chi connectivity index (χ3n) is 3.59. The first-order valence-corrected chi connectivity index (χ1v) is 7.28. The van der Waals surface area contributed by atoms with Crippen LogP contribution in [-0.2, 0) is 13.1 Å². The molecule has 0 fully saturated rings. The second-order valence-electron chi connectivity index (χ2n) is 5.37. The van der Waals surface area contributed by atoms with Gasteiger partial charge in [0, 0.05) is 37.4 Å². The summed E-state index contributed by atoms with van der Waals surface area (Å²) in [5.74, 6) is 0.670. The van der Waals surface area contributed by atoms with E-state index in [4.69, 9.17) is 0 Å². The molecule has 112 valence electrons. The fraction of sp³-hybridized carbons (Fsp3) is 0.235. The number of hydrogen-bond donors (Lipinski definition) is 1. The predicted octanol–water partition coefficient (Wildman–Crippen LogP) is 2.95. The molecule has 3 rings (SSSR count). The second-order valence-corrected chi connectivity index (χ2v) is 5.37. The van der Waals surface area contributed by atoms with Crippen LogP contribution >= 0.6 is 0 Å². The van der Waals surface area contributed by atoms with Gasteiger partial charge < -0.3 is 9.88 Å². The number of benzene rings is 1. The molecule has 0 aliphatic rings. The van der Waals surface area contributed by atoms with Crippen molar-refractivity contribution in [2.45, 2.75) is 26.9 Å². The Morgan fingerprint density at radius 1 is 1.18 bits per heavy atom. The maximum Gasteiger partial charge on any atom is 0.223 e. The maximum atomic E-state index is 4.44. The molecule has 0 spiro atoms. The number of hydrogen-bond acceptors (Lipinski definition) is 4. The van der Waals surface area contributed by atoms with Crippen molar-refractivity contribution >= 4 is 5.95 Å². The molecule has 3 aromatic rings. The van der Waals surface area contributed by atoms with Gasteiger partial charge in [0.05, 0.1) is 6.33 Å². The minimum atomic E-state index is 0.670. The minimum absolute atomic E-state index is 0.670. The molecular formula is C17H19N5. The average molecular weight is 293 g/mol. The van der Waals surface area contributed by atoms with Crippen molar-refractivity contribution in [1.82, 2.24) is 19.5 Å². The van der Waals surface area contributed by atoms with Gasteiger partial charge in [0.1, 0.15) is 0 Å². The normalized spacial score (nSPS) is 10.6. The fourth-order valence-corrected chi connectivity index (χ4v) is 2.22. The summed E-state index contributed by atoms with van der Waals surface area (Å²) in [6, 6.07) is 8.49. The van der Waals surface area contributed by atoms with Gasteiger partial charge in [-0.1, -0.05) is 24.3 Å². The Kier molecular flexibility index (Phi) is 4.14. The van der Waals surface area contributed by atoms with Crippen LogP contribution in [0, 0.1) is 13.8 Å². The van der Waals surface area contributed by atoms with E-state index in [-0.39, 0.29) is 0 Å². The van der Waals surface area contributed by atoms with Crippen molar-refractivity contribution in [1.29, 1.82) is 0 Å². The lowest BCUT2D eigenvalue weighted by molar-refractivity contribution is 0.795. The van der Waals surface area contributed by atoms with Crippen LogP contribution < -0.4 is 5.32 Å². The maximum absolute atomic E-state index is 4.44. The molecule has 0 radical (unpaired) electrons. The van der Waals surface area contributed by atoms with Crippen molar-refractivity contribution in [3.8, 4) is 0 Å². The van der Waals surface area contributed by atoms with Gasteiger partial charge in [-0.15, -0.1) is 0 Å². The standard InChI is InChI=1S/C17H19N5/c1-13-9-19-17(21-14(13)2)20-10-15-4-3-5-16(8-15)11-22-7-6-18-12-22/h3-9,12H,10-11H2,1-2H3,(H,19,20,21). The first kappa shape index (κ1) is 14.3. The zero-order chi connectivity index (χ0) is 15.4. The fourth-order valence-electron chi connectivity index (χ4n) is 2.22. The van der Waals surface area contributed by atoms with E-state index >= 15 is 0 Å². The smallest absolute Gasteiger partial charge is 0.223 e. The minimum Gasteiger partial charge on any atom is -0.350 e. The van der Waals surface area contributed by atoms with Gasteiger partial charge in [0.2, 0.25) is 5.95 Å². The van der Waals surface area contributed by atoms with Crippen LogP contribution in [0.3, 0.4) is 0 Å². The molecule has 5 nitrogen and oxygen atoms in total. The van der Waals surface area contributed by atoms with E-state index in [2.05, 4.69) is 49.1 Å². The van der Waals surface area contributed by atoms with Crippen LogP contribution in [0.25, 0.3) is 0 Å². The molecule has 22 heavy (non-hydrogen) atoms. The number of aryl methyl sites for hydroxylation is 2. The third kappa shape index (κ3) is 3.49. The molecule has 0 saturated heterocycles. The summed E-state index contributed by atoms with van der Waals surface area (Å²) in [6.45, 7) is 5.54. The van der Waals surface area contributed by atoms with Crippen molar-refractivity contribution in [3.05, 3.63) is 71.6 Å². The van der Waals surface area contributed by atoms with E-state index < -0.39 is 0 Å². The average Bonchev–Trinajstić information content (AvgIpc) is 3.02. The third-order valence-corrected chi connectivity index (χ3v) is 3.59. The zero-order valence-corrected chi connectivity index (χ0v) is 12.8. The molecule has 0 atom stereocenters. The number of nitrogens with one attached hydrogen (secondary N) is 1. The van der Waals surface area contributed by atoms with E-state index in [0.717, 1.165) is 17.8 Å². The molecule has 0 aliphatic carbocycles. The molecule has 0 bridgehead atoms. The number of nitrogens with zero attached hydrogens (tertiary/aromatic N) is 4. The highest BCUT2D eigenvalue weighted by molar-refractivity contribution is 5.32. The van der Waals surface area contributed by atoms with E-state index in [9.17, 15) is 0 Å². The molecule has 0 aliphatic heterocycles. The lowest BCUT2D eigenvalue weighted by atomic mass is 10.1. The molecule has 0 unspecified atom stereocenters. The van der Waals surface area contributed by atoms with Crippen molar-refractivity contribution in [3.63, 3.8) is 0 Å². The topological polar surface area (TPSA) is 55.6 Å². The summed E-state index contributed by atoms with van der Waals surface area (Å²) < 4.78 is 2.05. The Hall–Kier alpha value is -2.69. The quantitative estimate of drug-likeness (QED) is 0.786. The van der Waals surface area contributed by atoms with Gasteiger partial charge in [-0.2, -0.15) is 0 Å². The lowest BCUT2D eigenvalue weighted by Gasteiger charge is -2.08. The van der Waals surface area contributed by atoms with E-state index in [1.54, 1.807) is 6.20 Å². The van der Waals surface area contributed by atoms with E-state index in [0.29, 0.717) is 12.5 Å². The molecule has 1 aromatic carbocycles. The van der Waals surface area contributed by atoms with E-state index in [1.807, 2.05) is 32.6 Å². The molecule has 2 aromatic heterocycles. The Morgan fingerprint density at radius 3 is 2.82 bits per heavy atom. The Bertz CT molecular complexity index is 750. The summed E-state index contributed by atoms with van der Waals surface area (Å²) in [7, 11) is 0. The molecule has 1 N–H and O–H groups in total. The monoisotopic (exact) mass is 293 g/mol. The van der Waals surface area contributed by atoms with Crippen LogP contribution in [-0.4, -0.2) is 19.5 Å². The largest absolute Gasteiger partial charge is 0.350 e. The number of aromatic nitrogens is 4. The molecule has 0 amide bonds. The van der Waals surface area contributed by atoms with Crippen molar-refractivity contribution in [2.24, 2.45) is 0 Å². The summed E-state index contributed by atoms with van der Waals surface area (Å²) in [5.41, 5.74) is 4.57. The van der Waals surface area contributed by atoms with Gasteiger partial charge in [0.15, 0.2) is 0 Å². The van der Waals surface area contributed by atoms with Crippen molar-refractivity contribution < 1.29 is 0 Å². The van der Waals surface area contributed by atoms with Crippen LogP contribution in [0.15, 0.2) is 49.2 Å². The Morgan fingerprint density at radius 2 is 2.05 bits per heavy atom. The van der Waals surface area contributed by atoms with Gasteiger partial charge in [-0.05, 0) is 30.5 Å².